The summed E-state index contributed by atoms with van der Waals surface area (Å²) in [6.07, 6.45) is 2.57. The van der Waals surface area contributed by atoms with Crippen molar-refractivity contribution in [3.8, 4) is 0 Å². The Hall–Kier alpha value is -0.120. The summed E-state index contributed by atoms with van der Waals surface area (Å²) in [5.41, 5.74) is 0. The molecular formula is C12H28N2O. The molecule has 0 rings (SSSR count). The second kappa shape index (κ2) is 10.4. The average molecular weight is 216 g/mol. The van der Waals surface area contributed by atoms with E-state index >= 15 is 0 Å². The maximum absolute atomic E-state index is 5.57. The zero-order valence-corrected chi connectivity index (χ0v) is 11.0. The summed E-state index contributed by atoms with van der Waals surface area (Å²) in [6, 6.07) is 0. The molecule has 3 heteroatoms. The summed E-state index contributed by atoms with van der Waals surface area (Å²) in [7, 11) is 4.14. The van der Waals surface area contributed by atoms with Gasteiger partial charge >= 0.3 is 0 Å². The van der Waals surface area contributed by atoms with Crippen molar-refractivity contribution >= 4 is 0 Å². The molecule has 92 valence electrons. The van der Waals surface area contributed by atoms with Gasteiger partial charge in [-0.3, -0.25) is 0 Å². The third kappa shape index (κ3) is 10.2. The number of hydrogen-bond acceptors (Lipinski definition) is 3. The Labute approximate surface area is 95.4 Å². The zero-order chi connectivity index (χ0) is 11.5. The minimum Gasteiger partial charge on any atom is -0.379 e. The SMILES string of the molecule is CCCCN(CC)CCOCCN(C)C. The molecule has 0 aliphatic heterocycles. The first-order chi connectivity index (χ1) is 7.20. The predicted octanol–water partition coefficient (Wildman–Crippen LogP) is 1.69. The van der Waals surface area contributed by atoms with Gasteiger partial charge in [-0.2, -0.15) is 0 Å². The molecule has 0 saturated heterocycles. The van der Waals surface area contributed by atoms with Crippen LogP contribution in [0.1, 0.15) is 26.7 Å². The highest BCUT2D eigenvalue weighted by atomic mass is 16.5. The van der Waals surface area contributed by atoms with Crippen LogP contribution >= 0.6 is 0 Å². The van der Waals surface area contributed by atoms with Crippen molar-refractivity contribution in [1.82, 2.24) is 9.80 Å². The van der Waals surface area contributed by atoms with Crippen molar-refractivity contribution in [2.45, 2.75) is 26.7 Å². The first-order valence-corrected chi connectivity index (χ1v) is 6.15. The highest BCUT2D eigenvalue weighted by molar-refractivity contribution is 4.54. The minimum absolute atomic E-state index is 0.846. The van der Waals surface area contributed by atoms with E-state index in [-0.39, 0.29) is 0 Å². The summed E-state index contributed by atoms with van der Waals surface area (Å²) in [4.78, 5) is 4.60. The predicted molar refractivity (Wildman–Crippen MR) is 66.4 cm³/mol. The van der Waals surface area contributed by atoms with E-state index in [2.05, 4.69) is 37.7 Å². The Morgan fingerprint density at radius 1 is 0.933 bits per heavy atom. The second-order valence-electron chi connectivity index (χ2n) is 4.20. The van der Waals surface area contributed by atoms with Crippen molar-refractivity contribution in [3.05, 3.63) is 0 Å². The van der Waals surface area contributed by atoms with E-state index in [9.17, 15) is 0 Å². The lowest BCUT2D eigenvalue weighted by Crippen LogP contribution is -2.29. The van der Waals surface area contributed by atoms with Crippen molar-refractivity contribution < 1.29 is 4.74 Å². The van der Waals surface area contributed by atoms with Crippen LogP contribution in [-0.2, 0) is 4.74 Å². The first kappa shape index (κ1) is 14.9. The number of hydrogen-bond donors (Lipinski definition) is 0. The van der Waals surface area contributed by atoms with Crippen LogP contribution in [0.25, 0.3) is 0 Å². The van der Waals surface area contributed by atoms with Crippen LogP contribution in [0, 0.1) is 0 Å². The number of unbranched alkanes of at least 4 members (excludes halogenated alkanes) is 1. The quantitative estimate of drug-likeness (QED) is 0.517. The molecule has 0 aliphatic rings. The Balaban J connectivity index is 3.30. The fourth-order valence-electron chi connectivity index (χ4n) is 1.35. The van der Waals surface area contributed by atoms with Crippen LogP contribution in [0.2, 0.25) is 0 Å². The molecule has 0 amide bonds. The van der Waals surface area contributed by atoms with Gasteiger partial charge in [-0.25, -0.2) is 0 Å². The molecule has 0 atom stereocenters. The normalized spacial score (nSPS) is 11.6. The average Bonchev–Trinajstić information content (AvgIpc) is 2.21. The van der Waals surface area contributed by atoms with Crippen LogP contribution in [0.3, 0.4) is 0 Å². The van der Waals surface area contributed by atoms with E-state index < -0.39 is 0 Å². The molecule has 0 spiro atoms. The van der Waals surface area contributed by atoms with Gasteiger partial charge in [-0.15, -0.1) is 0 Å². The van der Waals surface area contributed by atoms with Gasteiger partial charge in [0.05, 0.1) is 13.2 Å². The van der Waals surface area contributed by atoms with E-state index in [4.69, 9.17) is 4.74 Å². The molecule has 15 heavy (non-hydrogen) atoms. The van der Waals surface area contributed by atoms with Gasteiger partial charge in [-0.05, 0) is 33.6 Å². The highest BCUT2D eigenvalue weighted by Crippen LogP contribution is 1.94. The lowest BCUT2D eigenvalue weighted by Gasteiger charge is -2.20. The highest BCUT2D eigenvalue weighted by Gasteiger charge is 2.00. The van der Waals surface area contributed by atoms with Gasteiger partial charge in [0.15, 0.2) is 0 Å². The van der Waals surface area contributed by atoms with Gasteiger partial charge in [-0.1, -0.05) is 20.3 Å². The Morgan fingerprint density at radius 2 is 1.60 bits per heavy atom. The van der Waals surface area contributed by atoms with E-state index in [1.807, 2.05) is 0 Å². The van der Waals surface area contributed by atoms with Gasteiger partial charge in [0, 0.05) is 13.1 Å². The fourth-order valence-corrected chi connectivity index (χ4v) is 1.35. The van der Waals surface area contributed by atoms with Gasteiger partial charge in [0.1, 0.15) is 0 Å². The third-order valence-corrected chi connectivity index (χ3v) is 2.51. The second-order valence-corrected chi connectivity index (χ2v) is 4.20. The molecule has 3 nitrogen and oxygen atoms in total. The van der Waals surface area contributed by atoms with Crippen LogP contribution in [-0.4, -0.2) is 63.3 Å². The van der Waals surface area contributed by atoms with Crippen LogP contribution < -0.4 is 0 Å². The van der Waals surface area contributed by atoms with Crippen molar-refractivity contribution in [3.63, 3.8) is 0 Å². The summed E-state index contributed by atoms with van der Waals surface area (Å²) in [6.45, 7) is 10.6. The number of likely N-dealkylation sites (N-methyl/N-ethyl adjacent to an activating group) is 2. The topological polar surface area (TPSA) is 15.7 Å². The molecule has 0 unspecified atom stereocenters. The lowest BCUT2D eigenvalue weighted by molar-refractivity contribution is 0.0933. The summed E-state index contributed by atoms with van der Waals surface area (Å²) in [5, 5.41) is 0. The maximum atomic E-state index is 5.57. The Bertz CT molecular complexity index is 129. The molecule has 0 aromatic rings. The molecule has 0 radical (unpaired) electrons. The monoisotopic (exact) mass is 216 g/mol. The Morgan fingerprint density at radius 3 is 2.13 bits per heavy atom. The van der Waals surface area contributed by atoms with Crippen molar-refractivity contribution in [2.24, 2.45) is 0 Å². The zero-order valence-electron chi connectivity index (χ0n) is 11.0. The van der Waals surface area contributed by atoms with E-state index in [1.54, 1.807) is 0 Å². The molecule has 0 bridgehead atoms. The smallest absolute Gasteiger partial charge is 0.0594 e. The maximum Gasteiger partial charge on any atom is 0.0594 e. The lowest BCUT2D eigenvalue weighted by atomic mass is 10.3. The molecule has 0 aliphatic carbocycles. The van der Waals surface area contributed by atoms with E-state index in [1.165, 1.54) is 19.4 Å². The Kier molecular flexibility index (Phi) is 10.3. The largest absolute Gasteiger partial charge is 0.379 e. The summed E-state index contributed by atoms with van der Waals surface area (Å²) in [5.74, 6) is 0. The van der Waals surface area contributed by atoms with Crippen molar-refractivity contribution in [2.75, 3.05) is 53.5 Å². The van der Waals surface area contributed by atoms with Crippen molar-refractivity contribution in [1.29, 1.82) is 0 Å². The van der Waals surface area contributed by atoms with Gasteiger partial charge in [0.2, 0.25) is 0 Å². The van der Waals surface area contributed by atoms with Crippen LogP contribution in [0.4, 0.5) is 0 Å². The van der Waals surface area contributed by atoms with Crippen LogP contribution in [0.5, 0.6) is 0 Å². The third-order valence-electron chi connectivity index (χ3n) is 2.51. The molecule has 0 N–H and O–H groups in total. The molecular weight excluding hydrogens is 188 g/mol. The first-order valence-electron chi connectivity index (χ1n) is 6.15. The fraction of sp³-hybridized carbons (Fsp3) is 1.00. The van der Waals surface area contributed by atoms with E-state index in [0.717, 1.165) is 32.8 Å². The molecule has 0 aromatic heterocycles. The van der Waals surface area contributed by atoms with Gasteiger partial charge in [0.25, 0.3) is 0 Å². The van der Waals surface area contributed by atoms with Crippen LogP contribution in [0.15, 0.2) is 0 Å². The van der Waals surface area contributed by atoms with Gasteiger partial charge < -0.3 is 14.5 Å². The number of ether oxygens (including phenoxy) is 1. The summed E-state index contributed by atoms with van der Waals surface area (Å²) < 4.78 is 5.57. The molecule has 0 aromatic carbocycles. The standard InChI is InChI=1S/C12H28N2O/c1-5-7-8-14(6-2)10-12-15-11-9-13(3)4/h5-12H2,1-4H3. The summed E-state index contributed by atoms with van der Waals surface area (Å²) >= 11 is 0. The molecule has 0 heterocycles. The molecule has 0 saturated carbocycles. The minimum atomic E-state index is 0.846. The number of rotatable bonds is 10. The number of nitrogens with zero attached hydrogens (tertiary/aromatic N) is 2. The molecule has 0 fully saturated rings. The van der Waals surface area contributed by atoms with E-state index in [0.29, 0.717) is 0 Å².